The molecular formula is C25H23FN4O2. The molecule has 7 heteroatoms. The second-order valence-electron chi connectivity index (χ2n) is 8.05. The van der Waals surface area contributed by atoms with Crippen LogP contribution in [0.25, 0.3) is 5.69 Å². The number of benzene rings is 2. The third-order valence-corrected chi connectivity index (χ3v) is 5.92. The molecule has 0 saturated heterocycles. The quantitative estimate of drug-likeness (QED) is 0.610. The van der Waals surface area contributed by atoms with Crippen LogP contribution in [0.15, 0.2) is 71.6 Å². The molecule has 0 radical (unpaired) electrons. The van der Waals surface area contributed by atoms with E-state index in [0.717, 1.165) is 28.9 Å². The van der Waals surface area contributed by atoms with Crippen LogP contribution in [0.1, 0.15) is 29.3 Å². The molecule has 0 fully saturated rings. The number of rotatable bonds is 5. The first-order chi connectivity index (χ1) is 15.5. The molecule has 1 amide bonds. The Hall–Kier alpha value is -3.74. The minimum atomic E-state index is -0.284. The second-order valence-corrected chi connectivity index (χ2v) is 8.05. The Labute approximate surface area is 185 Å². The van der Waals surface area contributed by atoms with Crippen molar-refractivity contribution in [1.82, 2.24) is 14.5 Å². The number of imidazole rings is 1. The summed E-state index contributed by atoms with van der Waals surface area (Å²) in [6, 6.07) is 12.2. The Morgan fingerprint density at radius 1 is 1.19 bits per heavy atom. The van der Waals surface area contributed by atoms with E-state index >= 15 is 0 Å². The molecule has 1 aromatic heterocycles. The molecule has 3 heterocycles. The molecule has 2 aliphatic rings. The lowest BCUT2D eigenvalue weighted by Gasteiger charge is -2.32. The van der Waals surface area contributed by atoms with Crippen molar-refractivity contribution in [3.8, 4) is 11.4 Å². The number of ether oxygens (including phenoxy) is 1. The molecule has 0 bridgehead atoms. The van der Waals surface area contributed by atoms with Crippen molar-refractivity contribution in [3.05, 3.63) is 89.3 Å². The minimum Gasteiger partial charge on any atom is -0.495 e. The number of hydrogen-bond donors (Lipinski definition) is 0. The minimum absolute atomic E-state index is 0.0500. The van der Waals surface area contributed by atoms with Gasteiger partial charge in [0.25, 0.3) is 5.91 Å². The molecule has 32 heavy (non-hydrogen) atoms. The van der Waals surface area contributed by atoms with Gasteiger partial charge in [-0.3, -0.25) is 14.7 Å². The number of carbonyl (C=O) groups excluding carboxylic acids is 1. The standard InChI is InChI=1S/C25H23FN4O2/c1-16-14-29(15-28-16)22-8-3-17(12-23(22)32-2)11-19-13-24-27-10-9-21(30(24)25(19)31)18-4-6-20(26)7-5-18/h3-8,12-15,21H,9-11H2,1-2H3. The normalized spacial score (nSPS) is 17.8. The summed E-state index contributed by atoms with van der Waals surface area (Å²) in [4.78, 5) is 23.9. The first-order valence-corrected chi connectivity index (χ1v) is 10.6. The van der Waals surface area contributed by atoms with Crippen molar-refractivity contribution in [2.45, 2.75) is 25.8 Å². The van der Waals surface area contributed by atoms with Gasteiger partial charge in [0.2, 0.25) is 0 Å². The van der Waals surface area contributed by atoms with E-state index in [-0.39, 0.29) is 17.8 Å². The van der Waals surface area contributed by atoms with Crippen LogP contribution in [0, 0.1) is 12.7 Å². The average molecular weight is 430 g/mol. The van der Waals surface area contributed by atoms with Crippen molar-refractivity contribution in [2.24, 2.45) is 4.99 Å². The molecular weight excluding hydrogens is 407 g/mol. The van der Waals surface area contributed by atoms with E-state index in [1.54, 1.807) is 30.5 Å². The van der Waals surface area contributed by atoms with E-state index in [1.807, 2.05) is 42.0 Å². The highest BCUT2D eigenvalue weighted by Gasteiger charge is 2.37. The molecule has 2 aliphatic heterocycles. The second kappa shape index (κ2) is 8.07. The van der Waals surface area contributed by atoms with Gasteiger partial charge < -0.3 is 9.30 Å². The van der Waals surface area contributed by atoms with Crippen molar-refractivity contribution in [2.75, 3.05) is 13.7 Å². The molecule has 3 aromatic rings. The molecule has 5 rings (SSSR count). The van der Waals surface area contributed by atoms with E-state index in [2.05, 4.69) is 9.98 Å². The van der Waals surface area contributed by atoms with Crippen LogP contribution in [0.2, 0.25) is 0 Å². The zero-order chi connectivity index (χ0) is 22.2. The third-order valence-electron chi connectivity index (χ3n) is 5.92. The summed E-state index contributed by atoms with van der Waals surface area (Å²) in [6.07, 6.45) is 6.75. The number of halogens is 1. The number of aromatic nitrogens is 2. The maximum Gasteiger partial charge on any atom is 0.256 e. The highest BCUT2D eigenvalue weighted by atomic mass is 19.1. The number of aryl methyl sites for hydroxylation is 1. The van der Waals surface area contributed by atoms with Crippen LogP contribution in [0.3, 0.4) is 0 Å². The molecule has 6 nitrogen and oxygen atoms in total. The van der Waals surface area contributed by atoms with Crippen LogP contribution in [-0.4, -0.2) is 39.8 Å². The third kappa shape index (κ3) is 3.60. The SMILES string of the molecule is COc1cc(CC2=CC3=NCCC(c4ccc(F)cc4)N3C2=O)ccc1-n1cnc(C)c1. The summed E-state index contributed by atoms with van der Waals surface area (Å²) in [6.45, 7) is 2.57. The summed E-state index contributed by atoms with van der Waals surface area (Å²) in [7, 11) is 1.63. The molecule has 1 atom stereocenters. The Morgan fingerprint density at radius 3 is 2.72 bits per heavy atom. The molecule has 162 valence electrons. The summed E-state index contributed by atoms with van der Waals surface area (Å²) in [5, 5.41) is 0. The smallest absolute Gasteiger partial charge is 0.256 e. The van der Waals surface area contributed by atoms with Gasteiger partial charge in [0.1, 0.15) is 17.4 Å². The van der Waals surface area contributed by atoms with Crippen molar-refractivity contribution in [1.29, 1.82) is 0 Å². The predicted octanol–water partition coefficient (Wildman–Crippen LogP) is 4.18. The van der Waals surface area contributed by atoms with Gasteiger partial charge in [-0.15, -0.1) is 0 Å². The number of amidine groups is 1. The number of fused-ring (bicyclic) bond motifs is 1. The van der Waals surface area contributed by atoms with Crippen molar-refractivity contribution >= 4 is 11.7 Å². The summed E-state index contributed by atoms with van der Waals surface area (Å²) in [5.74, 6) is 1.06. The number of carbonyl (C=O) groups is 1. The lowest BCUT2D eigenvalue weighted by Crippen LogP contribution is -2.38. The summed E-state index contributed by atoms with van der Waals surface area (Å²) < 4.78 is 20.9. The fourth-order valence-corrected chi connectivity index (χ4v) is 4.34. The summed E-state index contributed by atoms with van der Waals surface area (Å²) >= 11 is 0. The molecule has 2 aromatic carbocycles. The monoisotopic (exact) mass is 430 g/mol. The number of hydrogen-bond acceptors (Lipinski definition) is 4. The first kappa shape index (κ1) is 20.2. The van der Waals surface area contributed by atoms with Gasteiger partial charge in [-0.2, -0.15) is 0 Å². The van der Waals surface area contributed by atoms with Crippen molar-refractivity contribution < 1.29 is 13.9 Å². The summed E-state index contributed by atoms with van der Waals surface area (Å²) in [5.41, 5.74) is 4.39. The largest absolute Gasteiger partial charge is 0.495 e. The van der Waals surface area contributed by atoms with Gasteiger partial charge in [0, 0.05) is 24.7 Å². The zero-order valence-electron chi connectivity index (χ0n) is 18.0. The first-order valence-electron chi connectivity index (χ1n) is 10.6. The van der Waals surface area contributed by atoms with E-state index in [1.165, 1.54) is 12.1 Å². The zero-order valence-corrected chi connectivity index (χ0v) is 18.0. The average Bonchev–Trinajstić information content (AvgIpc) is 3.37. The number of amides is 1. The van der Waals surface area contributed by atoms with Gasteiger partial charge in [-0.05, 0) is 54.8 Å². The maximum atomic E-state index is 13.4. The van der Waals surface area contributed by atoms with Crippen LogP contribution in [-0.2, 0) is 11.2 Å². The Balaban J connectivity index is 1.40. The molecule has 0 saturated carbocycles. The van der Waals surface area contributed by atoms with E-state index in [4.69, 9.17) is 4.74 Å². The fraction of sp³-hybridized carbons (Fsp3) is 0.240. The van der Waals surface area contributed by atoms with Crippen LogP contribution >= 0.6 is 0 Å². The highest BCUT2D eigenvalue weighted by Crippen LogP contribution is 2.34. The van der Waals surface area contributed by atoms with Gasteiger partial charge >= 0.3 is 0 Å². The Kier molecular flexibility index (Phi) is 5.09. The molecule has 0 spiro atoms. The van der Waals surface area contributed by atoms with Gasteiger partial charge in [-0.1, -0.05) is 18.2 Å². The lowest BCUT2D eigenvalue weighted by molar-refractivity contribution is -0.124. The number of methoxy groups -OCH3 is 1. The number of aliphatic imine (C=N–C) groups is 1. The van der Waals surface area contributed by atoms with Crippen LogP contribution in [0.4, 0.5) is 4.39 Å². The number of nitrogens with zero attached hydrogens (tertiary/aromatic N) is 4. The maximum absolute atomic E-state index is 13.4. The highest BCUT2D eigenvalue weighted by molar-refractivity contribution is 6.19. The van der Waals surface area contributed by atoms with Crippen LogP contribution in [0.5, 0.6) is 5.75 Å². The van der Waals surface area contributed by atoms with Gasteiger partial charge in [0.05, 0.1) is 30.9 Å². The van der Waals surface area contributed by atoms with E-state index in [9.17, 15) is 9.18 Å². The lowest BCUT2D eigenvalue weighted by atomic mass is 10.00. The van der Waals surface area contributed by atoms with Gasteiger partial charge in [0.15, 0.2) is 0 Å². The fourth-order valence-electron chi connectivity index (χ4n) is 4.34. The predicted molar refractivity (Wildman–Crippen MR) is 120 cm³/mol. The Bertz CT molecular complexity index is 1240. The van der Waals surface area contributed by atoms with Crippen molar-refractivity contribution in [3.63, 3.8) is 0 Å². The Morgan fingerprint density at radius 2 is 2.00 bits per heavy atom. The van der Waals surface area contributed by atoms with Gasteiger partial charge in [-0.25, -0.2) is 9.37 Å². The van der Waals surface area contributed by atoms with Crippen LogP contribution < -0.4 is 4.74 Å². The van der Waals surface area contributed by atoms with E-state index in [0.29, 0.717) is 30.1 Å². The molecule has 1 unspecified atom stereocenters. The molecule has 0 N–H and O–H groups in total. The topological polar surface area (TPSA) is 59.7 Å². The van der Waals surface area contributed by atoms with E-state index < -0.39 is 0 Å². The molecule has 0 aliphatic carbocycles.